The molecular formula is C21H25N3O4S. The Hall–Kier alpha value is -2.74. The Balaban J connectivity index is 1.71. The molecule has 0 saturated carbocycles. The number of carbonyl (C=O) groups excluding carboxylic acids is 1. The number of aryl methyl sites for hydroxylation is 1. The van der Waals surface area contributed by atoms with Crippen molar-refractivity contribution in [3.63, 3.8) is 0 Å². The first-order chi connectivity index (χ1) is 13.8. The Morgan fingerprint density at radius 3 is 2.48 bits per heavy atom. The second kappa shape index (κ2) is 8.73. The van der Waals surface area contributed by atoms with Crippen LogP contribution < -0.4 is 9.47 Å². The van der Waals surface area contributed by atoms with Gasteiger partial charge in [-0.2, -0.15) is 0 Å². The highest BCUT2D eigenvalue weighted by Crippen LogP contribution is 2.33. The summed E-state index contributed by atoms with van der Waals surface area (Å²) in [6, 6.07) is 7.62. The fourth-order valence-corrected chi connectivity index (χ4v) is 4.06. The topological polar surface area (TPSA) is 79.4 Å². The third-order valence-corrected chi connectivity index (χ3v) is 5.48. The average Bonchev–Trinajstić information content (AvgIpc) is 3.29. The van der Waals surface area contributed by atoms with Crippen molar-refractivity contribution in [2.45, 2.75) is 39.0 Å². The molecule has 0 amide bonds. The first kappa shape index (κ1) is 21.0. The van der Waals surface area contributed by atoms with Crippen LogP contribution in [0.1, 0.15) is 41.6 Å². The van der Waals surface area contributed by atoms with Crippen LogP contribution in [0.5, 0.6) is 11.5 Å². The molecule has 0 N–H and O–H groups in total. The summed E-state index contributed by atoms with van der Waals surface area (Å²) in [4.78, 5) is 12.7. The Morgan fingerprint density at radius 1 is 1.14 bits per heavy atom. The predicted octanol–water partition coefficient (Wildman–Crippen LogP) is 4.73. The van der Waals surface area contributed by atoms with Gasteiger partial charge in [0.25, 0.3) is 5.22 Å². The standard InChI is InChI=1S/C21H25N3O4S/c1-12(2)24-13(3)9-16(14(24)4)17(25)11-29-21-23-22-20(28-21)15-7-8-18(26-5)19(10-15)27-6/h7-10,12H,11H2,1-6H3. The van der Waals surface area contributed by atoms with Crippen LogP contribution in [0.3, 0.4) is 0 Å². The molecule has 0 aliphatic rings. The van der Waals surface area contributed by atoms with Crippen molar-refractivity contribution in [3.8, 4) is 23.0 Å². The minimum Gasteiger partial charge on any atom is -0.493 e. The van der Waals surface area contributed by atoms with Gasteiger partial charge in [0.1, 0.15) is 0 Å². The lowest BCUT2D eigenvalue weighted by atomic mass is 10.2. The van der Waals surface area contributed by atoms with E-state index in [-0.39, 0.29) is 11.5 Å². The molecule has 1 aromatic carbocycles. The maximum Gasteiger partial charge on any atom is 0.277 e. The summed E-state index contributed by atoms with van der Waals surface area (Å²) in [6.07, 6.45) is 0. The third-order valence-electron chi connectivity index (χ3n) is 4.66. The van der Waals surface area contributed by atoms with Gasteiger partial charge in [0.15, 0.2) is 17.3 Å². The summed E-state index contributed by atoms with van der Waals surface area (Å²) in [6.45, 7) is 8.21. The van der Waals surface area contributed by atoms with Crippen molar-refractivity contribution in [2.75, 3.05) is 20.0 Å². The summed E-state index contributed by atoms with van der Waals surface area (Å²) in [5.41, 5.74) is 3.52. The van der Waals surface area contributed by atoms with Gasteiger partial charge in [-0.15, -0.1) is 10.2 Å². The van der Waals surface area contributed by atoms with E-state index in [1.54, 1.807) is 26.4 Å². The number of methoxy groups -OCH3 is 2. The number of carbonyl (C=O) groups is 1. The van der Waals surface area contributed by atoms with Crippen molar-refractivity contribution < 1.29 is 18.7 Å². The highest BCUT2D eigenvalue weighted by atomic mass is 32.2. The fraction of sp³-hybridized carbons (Fsp3) is 0.381. The molecule has 7 nitrogen and oxygen atoms in total. The first-order valence-corrected chi connectivity index (χ1v) is 10.2. The molecule has 0 saturated heterocycles. The molecule has 0 aliphatic carbocycles. The Bertz CT molecular complexity index is 1020. The van der Waals surface area contributed by atoms with Gasteiger partial charge in [-0.3, -0.25) is 4.79 Å². The van der Waals surface area contributed by atoms with Gasteiger partial charge >= 0.3 is 0 Å². The average molecular weight is 416 g/mol. The van der Waals surface area contributed by atoms with E-state index in [2.05, 4.69) is 28.6 Å². The van der Waals surface area contributed by atoms with Crippen LogP contribution in [0.2, 0.25) is 0 Å². The Labute approximate surface area is 174 Å². The van der Waals surface area contributed by atoms with E-state index in [0.29, 0.717) is 34.2 Å². The number of benzene rings is 1. The van der Waals surface area contributed by atoms with Crippen LogP contribution in [0.15, 0.2) is 33.9 Å². The first-order valence-electron chi connectivity index (χ1n) is 9.26. The molecule has 3 rings (SSSR count). The normalized spacial score (nSPS) is 11.1. The van der Waals surface area contributed by atoms with Crippen LogP contribution in [0, 0.1) is 13.8 Å². The SMILES string of the molecule is COc1ccc(-c2nnc(SCC(=O)c3cc(C)n(C(C)C)c3C)o2)cc1OC. The number of nitrogens with zero attached hydrogens (tertiary/aromatic N) is 3. The summed E-state index contributed by atoms with van der Waals surface area (Å²) in [5.74, 6) is 1.83. The lowest BCUT2D eigenvalue weighted by Gasteiger charge is -2.13. The summed E-state index contributed by atoms with van der Waals surface area (Å²) >= 11 is 1.23. The zero-order valence-corrected chi connectivity index (χ0v) is 18.3. The smallest absolute Gasteiger partial charge is 0.277 e. The van der Waals surface area contributed by atoms with Crippen LogP contribution in [-0.2, 0) is 0 Å². The van der Waals surface area contributed by atoms with Gasteiger partial charge < -0.3 is 18.5 Å². The molecule has 0 atom stereocenters. The van der Waals surface area contributed by atoms with E-state index in [9.17, 15) is 4.79 Å². The maximum atomic E-state index is 12.7. The van der Waals surface area contributed by atoms with Crippen molar-refractivity contribution in [1.82, 2.24) is 14.8 Å². The van der Waals surface area contributed by atoms with E-state index >= 15 is 0 Å². The van der Waals surface area contributed by atoms with Crippen molar-refractivity contribution in [1.29, 1.82) is 0 Å². The summed E-state index contributed by atoms with van der Waals surface area (Å²) in [7, 11) is 3.15. The van der Waals surface area contributed by atoms with Crippen LogP contribution in [-0.4, -0.2) is 40.5 Å². The Kier molecular flexibility index (Phi) is 6.32. The number of hydrogen-bond donors (Lipinski definition) is 0. The van der Waals surface area contributed by atoms with Crippen molar-refractivity contribution >= 4 is 17.5 Å². The molecule has 154 valence electrons. The lowest BCUT2D eigenvalue weighted by Crippen LogP contribution is -2.08. The third kappa shape index (κ3) is 4.32. The molecule has 8 heteroatoms. The summed E-state index contributed by atoms with van der Waals surface area (Å²) < 4.78 is 18.4. The molecule has 0 aliphatic heterocycles. The van der Waals surface area contributed by atoms with Crippen molar-refractivity contribution in [2.24, 2.45) is 0 Å². The number of Topliss-reactive ketones (excluding diaryl/α,β-unsaturated/α-hetero) is 1. The number of ketones is 1. The van der Waals surface area contributed by atoms with Gasteiger partial charge in [-0.25, -0.2) is 0 Å². The van der Waals surface area contributed by atoms with Gasteiger partial charge in [0, 0.05) is 28.6 Å². The number of hydrogen-bond acceptors (Lipinski definition) is 7. The van der Waals surface area contributed by atoms with E-state index in [0.717, 1.165) is 17.0 Å². The van der Waals surface area contributed by atoms with Crippen LogP contribution in [0.4, 0.5) is 0 Å². The molecule has 0 unspecified atom stereocenters. The molecular weight excluding hydrogens is 390 g/mol. The fourth-order valence-electron chi connectivity index (χ4n) is 3.41. The van der Waals surface area contributed by atoms with Crippen LogP contribution in [0.25, 0.3) is 11.5 Å². The van der Waals surface area contributed by atoms with E-state index in [1.807, 2.05) is 26.0 Å². The Morgan fingerprint density at radius 2 is 1.86 bits per heavy atom. The molecule has 0 radical (unpaired) electrons. The largest absolute Gasteiger partial charge is 0.493 e. The molecule has 0 spiro atoms. The van der Waals surface area contributed by atoms with Gasteiger partial charge in [0.2, 0.25) is 5.89 Å². The highest BCUT2D eigenvalue weighted by molar-refractivity contribution is 7.99. The summed E-state index contributed by atoms with van der Waals surface area (Å²) in [5, 5.41) is 8.47. The van der Waals surface area contributed by atoms with E-state index < -0.39 is 0 Å². The van der Waals surface area contributed by atoms with Gasteiger partial charge in [-0.1, -0.05) is 11.8 Å². The number of aromatic nitrogens is 3. The van der Waals surface area contributed by atoms with Gasteiger partial charge in [0.05, 0.1) is 20.0 Å². The molecule has 0 fully saturated rings. The highest BCUT2D eigenvalue weighted by Gasteiger charge is 2.19. The molecule has 2 aromatic heterocycles. The van der Waals surface area contributed by atoms with Crippen LogP contribution >= 0.6 is 11.8 Å². The number of ether oxygens (including phenoxy) is 2. The van der Waals surface area contributed by atoms with E-state index in [1.165, 1.54) is 11.8 Å². The lowest BCUT2D eigenvalue weighted by molar-refractivity contribution is 0.102. The predicted molar refractivity (Wildman–Crippen MR) is 112 cm³/mol. The zero-order chi connectivity index (χ0) is 21.1. The van der Waals surface area contributed by atoms with Crippen molar-refractivity contribution in [3.05, 3.63) is 41.2 Å². The maximum absolute atomic E-state index is 12.7. The quantitative estimate of drug-likeness (QED) is 0.389. The minimum atomic E-state index is 0.0425. The minimum absolute atomic E-state index is 0.0425. The molecule has 29 heavy (non-hydrogen) atoms. The second-order valence-electron chi connectivity index (χ2n) is 6.90. The second-order valence-corrected chi connectivity index (χ2v) is 7.83. The monoisotopic (exact) mass is 415 g/mol. The molecule has 2 heterocycles. The van der Waals surface area contributed by atoms with Gasteiger partial charge in [-0.05, 0) is 52.0 Å². The number of thioether (sulfide) groups is 1. The molecule has 3 aromatic rings. The van der Waals surface area contributed by atoms with E-state index in [4.69, 9.17) is 13.9 Å². The molecule has 0 bridgehead atoms. The number of rotatable bonds is 8. The zero-order valence-electron chi connectivity index (χ0n) is 17.5.